The van der Waals surface area contributed by atoms with E-state index in [1.54, 1.807) is 0 Å². The summed E-state index contributed by atoms with van der Waals surface area (Å²) in [6.45, 7) is 3.91. The Morgan fingerprint density at radius 1 is 0.875 bits per heavy atom. The zero-order valence-electron chi connectivity index (χ0n) is 10.1. The van der Waals surface area contributed by atoms with Crippen LogP contribution in [0.15, 0.2) is 0 Å². The maximum absolute atomic E-state index is 11.1. The molecule has 0 heterocycles. The third-order valence-electron chi connectivity index (χ3n) is 2.84. The monoisotopic (exact) mass is 230 g/mol. The lowest BCUT2D eigenvalue weighted by molar-refractivity contribution is -0.154. The van der Waals surface area contributed by atoms with Crippen molar-refractivity contribution in [3.8, 4) is 0 Å². The molecule has 0 radical (unpaired) electrons. The van der Waals surface area contributed by atoms with Gasteiger partial charge in [-0.15, -0.1) is 0 Å². The molecule has 0 aromatic carbocycles. The van der Waals surface area contributed by atoms with Gasteiger partial charge in [-0.3, -0.25) is 9.59 Å². The molecule has 16 heavy (non-hydrogen) atoms. The van der Waals surface area contributed by atoms with Crippen molar-refractivity contribution in [2.24, 2.45) is 11.8 Å². The molecule has 0 fully saturated rings. The van der Waals surface area contributed by atoms with Crippen LogP contribution >= 0.6 is 0 Å². The Balaban J connectivity index is 4.45. The molecule has 0 aliphatic heterocycles. The van der Waals surface area contributed by atoms with Gasteiger partial charge in [-0.25, -0.2) is 0 Å². The molecule has 4 nitrogen and oxygen atoms in total. The molecular formula is C12H22O4. The molecule has 0 aromatic rings. The standard InChI is InChI=1S/C12H22O4/c1-3-5-6-8-10(12(15)16)9(7-4-2)11(13)14/h9-10H,3-8H2,1-2H3,(H,13,14)(H,15,16). The SMILES string of the molecule is CCCCCC(C(=O)O)C(CCC)C(=O)O. The molecule has 2 unspecified atom stereocenters. The summed E-state index contributed by atoms with van der Waals surface area (Å²) in [4.78, 5) is 22.1. The highest BCUT2D eigenvalue weighted by Crippen LogP contribution is 2.24. The maximum Gasteiger partial charge on any atom is 0.307 e. The largest absolute Gasteiger partial charge is 0.481 e. The number of carbonyl (C=O) groups is 2. The predicted molar refractivity (Wildman–Crippen MR) is 61.3 cm³/mol. The molecule has 0 rings (SSSR count). The van der Waals surface area contributed by atoms with Crippen molar-refractivity contribution in [1.29, 1.82) is 0 Å². The Morgan fingerprint density at radius 2 is 1.38 bits per heavy atom. The second kappa shape index (κ2) is 8.13. The van der Waals surface area contributed by atoms with Gasteiger partial charge < -0.3 is 10.2 Å². The Labute approximate surface area is 96.7 Å². The smallest absolute Gasteiger partial charge is 0.307 e. The molecule has 2 atom stereocenters. The number of unbranched alkanes of at least 4 members (excludes halogenated alkanes) is 2. The fraction of sp³-hybridized carbons (Fsp3) is 0.833. The minimum Gasteiger partial charge on any atom is -0.481 e. The second-order valence-corrected chi connectivity index (χ2v) is 4.17. The van der Waals surface area contributed by atoms with Crippen LogP contribution in [0.3, 0.4) is 0 Å². The van der Waals surface area contributed by atoms with E-state index in [0.29, 0.717) is 19.3 Å². The van der Waals surface area contributed by atoms with Crippen LogP contribution in [0, 0.1) is 11.8 Å². The first-order valence-corrected chi connectivity index (χ1v) is 6.00. The highest BCUT2D eigenvalue weighted by molar-refractivity contribution is 5.79. The van der Waals surface area contributed by atoms with E-state index in [-0.39, 0.29) is 0 Å². The second-order valence-electron chi connectivity index (χ2n) is 4.17. The molecule has 94 valence electrons. The Kier molecular flexibility index (Phi) is 7.60. The van der Waals surface area contributed by atoms with Crippen LogP contribution in [0.1, 0.15) is 52.4 Å². The van der Waals surface area contributed by atoms with Gasteiger partial charge in [0.1, 0.15) is 0 Å². The van der Waals surface area contributed by atoms with Gasteiger partial charge >= 0.3 is 11.9 Å². The van der Waals surface area contributed by atoms with Crippen LogP contribution < -0.4 is 0 Å². The van der Waals surface area contributed by atoms with E-state index >= 15 is 0 Å². The molecule has 0 spiro atoms. The highest BCUT2D eigenvalue weighted by atomic mass is 16.4. The molecule has 2 N–H and O–H groups in total. The average Bonchev–Trinajstić information content (AvgIpc) is 2.21. The number of carboxylic acid groups (broad SMARTS) is 2. The first-order valence-electron chi connectivity index (χ1n) is 6.00. The average molecular weight is 230 g/mol. The highest BCUT2D eigenvalue weighted by Gasteiger charge is 2.32. The van der Waals surface area contributed by atoms with E-state index in [0.717, 1.165) is 19.3 Å². The summed E-state index contributed by atoms with van der Waals surface area (Å²) in [6.07, 6.45) is 4.38. The third kappa shape index (κ3) is 5.14. The lowest BCUT2D eigenvalue weighted by Gasteiger charge is -2.19. The Morgan fingerprint density at radius 3 is 1.75 bits per heavy atom. The van der Waals surface area contributed by atoms with Crippen LogP contribution in [0.5, 0.6) is 0 Å². The van der Waals surface area contributed by atoms with Gasteiger partial charge in [-0.1, -0.05) is 39.5 Å². The summed E-state index contributed by atoms with van der Waals surface area (Å²) >= 11 is 0. The van der Waals surface area contributed by atoms with Crippen molar-refractivity contribution >= 4 is 11.9 Å². The van der Waals surface area contributed by atoms with Crippen LogP contribution in [-0.4, -0.2) is 22.2 Å². The van der Waals surface area contributed by atoms with Crippen molar-refractivity contribution in [3.05, 3.63) is 0 Å². The van der Waals surface area contributed by atoms with Gasteiger partial charge in [-0.2, -0.15) is 0 Å². The minimum atomic E-state index is -0.981. The van der Waals surface area contributed by atoms with Crippen molar-refractivity contribution in [3.63, 3.8) is 0 Å². The number of carboxylic acids is 2. The summed E-state index contributed by atoms with van der Waals surface area (Å²) < 4.78 is 0. The van der Waals surface area contributed by atoms with Crippen molar-refractivity contribution in [1.82, 2.24) is 0 Å². The molecule has 0 bridgehead atoms. The predicted octanol–water partition coefficient (Wildman–Crippen LogP) is 2.77. The summed E-state index contributed by atoms with van der Waals surface area (Å²) in [5, 5.41) is 18.1. The first kappa shape index (κ1) is 14.9. The summed E-state index contributed by atoms with van der Waals surface area (Å²) in [7, 11) is 0. The molecule has 0 saturated carbocycles. The van der Waals surface area contributed by atoms with Gasteiger partial charge in [-0.05, 0) is 12.8 Å². The fourth-order valence-electron chi connectivity index (χ4n) is 1.92. The minimum absolute atomic E-state index is 0.443. The number of hydrogen-bond donors (Lipinski definition) is 2. The van der Waals surface area contributed by atoms with Gasteiger partial charge in [0.15, 0.2) is 0 Å². The molecule has 0 aromatic heterocycles. The molecule has 4 heteroatoms. The van der Waals surface area contributed by atoms with Gasteiger partial charge in [0.05, 0.1) is 11.8 Å². The Hall–Kier alpha value is -1.06. The van der Waals surface area contributed by atoms with Gasteiger partial charge in [0.25, 0.3) is 0 Å². The lowest BCUT2D eigenvalue weighted by Crippen LogP contribution is -2.29. The molecule has 0 aliphatic rings. The molecule has 0 aliphatic carbocycles. The Bertz CT molecular complexity index is 225. The summed E-state index contributed by atoms with van der Waals surface area (Å²) in [5.41, 5.74) is 0. The third-order valence-corrected chi connectivity index (χ3v) is 2.84. The molecule has 0 saturated heterocycles. The number of rotatable bonds is 9. The zero-order valence-corrected chi connectivity index (χ0v) is 10.1. The van der Waals surface area contributed by atoms with E-state index in [1.165, 1.54) is 0 Å². The van der Waals surface area contributed by atoms with E-state index in [4.69, 9.17) is 10.2 Å². The molecule has 0 amide bonds. The molecular weight excluding hydrogens is 208 g/mol. The van der Waals surface area contributed by atoms with Gasteiger partial charge in [0, 0.05) is 0 Å². The van der Waals surface area contributed by atoms with E-state index < -0.39 is 23.8 Å². The van der Waals surface area contributed by atoms with E-state index in [9.17, 15) is 9.59 Å². The topological polar surface area (TPSA) is 74.6 Å². The first-order chi connectivity index (χ1) is 7.54. The zero-order chi connectivity index (χ0) is 12.6. The van der Waals surface area contributed by atoms with Crippen LogP contribution in [-0.2, 0) is 9.59 Å². The van der Waals surface area contributed by atoms with Crippen molar-refractivity contribution < 1.29 is 19.8 Å². The van der Waals surface area contributed by atoms with Crippen LogP contribution in [0.4, 0.5) is 0 Å². The maximum atomic E-state index is 11.1. The van der Waals surface area contributed by atoms with Gasteiger partial charge in [0.2, 0.25) is 0 Å². The van der Waals surface area contributed by atoms with Crippen molar-refractivity contribution in [2.75, 3.05) is 0 Å². The van der Waals surface area contributed by atoms with E-state index in [1.807, 2.05) is 13.8 Å². The normalized spacial score (nSPS) is 14.4. The number of hydrogen-bond acceptors (Lipinski definition) is 2. The van der Waals surface area contributed by atoms with Crippen molar-refractivity contribution in [2.45, 2.75) is 52.4 Å². The van der Waals surface area contributed by atoms with Crippen LogP contribution in [0.2, 0.25) is 0 Å². The quantitative estimate of drug-likeness (QED) is 0.597. The summed E-state index contributed by atoms with van der Waals surface area (Å²) in [5.74, 6) is -3.42. The lowest BCUT2D eigenvalue weighted by atomic mass is 9.85. The number of aliphatic carboxylic acids is 2. The summed E-state index contributed by atoms with van der Waals surface area (Å²) in [6, 6.07) is 0. The van der Waals surface area contributed by atoms with E-state index in [2.05, 4.69) is 0 Å². The fourth-order valence-corrected chi connectivity index (χ4v) is 1.92. The van der Waals surface area contributed by atoms with Crippen LogP contribution in [0.25, 0.3) is 0 Å².